The normalized spacial score (nSPS) is 10.5. The van der Waals surface area contributed by atoms with Gasteiger partial charge in [-0.3, -0.25) is 9.89 Å². The summed E-state index contributed by atoms with van der Waals surface area (Å²) in [5.74, 6) is 0.161. The number of benzene rings is 2. The predicted octanol–water partition coefficient (Wildman–Crippen LogP) is 2.45. The maximum Gasteiger partial charge on any atom is 0.257 e. The van der Waals surface area contributed by atoms with Gasteiger partial charge in [-0.2, -0.15) is 5.10 Å². The van der Waals surface area contributed by atoms with E-state index in [0.29, 0.717) is 16.9 Å². The van der Waals surface area contributed by atoms with Crippen LogP contribution in [-0.2, 0) is 0 Å². The van der Waals surface area contributed by atoms with E-state index in [1.165, 1.54) is 6.20 Å². The number of rotatable bonds is 3. The van der Waals surface area contributed by atoms with Gasteiger partial charge < -0.3 is 11.1 Å². The van der Waals surface area contributed by atoms with Crippen molar-refractivity contribution < 1.29 is 4.79 Å². The first-order valence-corrected chi connectivity index (χ1v) is 6.70. The number of aromatic amines is 1. The average Bonchev–Trinajstić information content (AvgIpc) is 2.95. The van der Waals surface area contributed by atoms with E-state index in [0.717, 1.165) is 10.8 Å². The molecule has 21 heavy (non-hydrogen) atoms. The van der Waals surface area contributed by atoms with Crippen LogP contribution in [0.4, 0.5) is 5.82 Å². The number of fused-ring (bicyclic) bond motifs is 1. The molecule has 0 saturated heterocycles. The summed E-state index contributed by atoms with van der Waals surface area (Å²) in [6.07, 6.45) is 1.49. The van der Waals surface area contributed by atoms with Gasteiger partial charge in [0.05, 0.1) is 11.8 Å². The highest BCUT2D eigenvalue weighted by Gasteiger charge is 2.14. The van der Waals surface area contributed by atoms with Crippen LogP contribution < -0.4 is 11.1 Å². The minimum atomic E-state index is -0.242. The molecule has 1 aromatic heterocycles. The third-order valence-corrected chi connectivity index (χ3v) is 3.40. The molecule has 0 aliphatic carbocycles. The number of nitrogens with two attached hydrogens (primary N) is 1. The lowest BCUT2D eigenvalue weighted by Crippen LogP contribution is -2.17. The number of carbonyl (C=O) groups is 1. The molecule has 6 heteroatoms. The van der Waals surface area contributed by atoms with Crippen LogP contribution in [0.5, 0.6) is 0 Å². The molecule has 3 rings (SSSR count). The van der Waals surface area contributed by atoms with Crippen molar-refractivity contribution in [1.29, 1.82) is 0 Å². The molecule has 0 saturated carbocycles. The monoisotopic (exact) mass is 296 g/mol. The summed E-state index contributed by atoms with van der Waals surface area (Å²) in [6, 6.07) is 13.3. The minimum Gasteiger partial charge on any atom is -0.389 e. The molecule has 0 unspecified atom stereocenters. The number of amides is 1. The molecule has 1 amide bonds. The molecular weight excluding hydrogens is 284 g/mol. The van der Waals surface area contributed by atoms with E-state index in [-0.39, 0.29) is 10.9 Å². The van der Waals surface area contributed by atoms with E-state index in [2.05, 4.69) is 15.5 Å². The van der Waals surface area contributed by atoms with Crippen LogP contribution >= 0.6 is 12.2 Å². The summed E-state index contributed by atoms with van der Waals surface area (Å²) in [5, 5.41) is 11.2. The second-order valence-electron chi connectivity index (χ2n) is 4.50. The summed E-state index contributed by atoms with van der Waals surface area (Å²) < 4.78 is 0. The quantitative estimate of drug-likeness (QED) is 0.648. The van der Waals surface area contributed by atoms with Crippen molar-refractivity contribution in [3.05, 3.63) is 59.8 Å². The van der Waals surface area contributed by atoms with Gasteiger partial charge in [0.2, 0.25) is 0 Å². The van der Waals surface area contributed by atoms with E-state index in [1.54, 1.807) is 6.07 Å². The number of nitrogens with one attached hydrogen (secondary N) is 2. The van der Waals surface area contributed by atoms with Crippen LogP contribution in [0.15, 0.2) is 48.7 Å². The molecule has 0 bridgehead atoms. The van der Waals surface area contributed by atoms with Crippen molar-refractivity contribution in [2.75, 3.05) is 5.32 Å². The van der Waals surface area contributed by atoms with Crippen LogP contribution in [-0.4, -0.2) is 21.1 Å². The Bertz CT molecular complexity index is 835. The second-order valence-corrected chi connectivity index (χ2v) is 4.94. The fourth-order valence-electron chi connectivity index (χ4n) is 2.17. The Morgan fingerprint density at radius 1 is 1.14 bits per heavy atom. The summed E-state index contributed by atoms with van der Waals surface area (Å²) >= 11 is 4.92. The zero-order chi connectivity index (χ0) is 14.8. The maximum absolute atomic E-state index is 12.5. The van der Waals surface area contributed by atoms with Crippen molar-refractivity contribution in [2.45, 2.75) is 0 Å². The van der Waals surface area contributed by atoms with Crippen molar-refractivity contribution in [1.82, 2.24) is 10.2 Å². The largest absolute Gasteiger partial charge is 0.389 e. The van der Waals surface area contributed by atoms with E-state index >= 15 is 0 Å². The number of anilines is 1. The smallest absolute Gasteiger partial charge is 0.257 e. The Morgan fingerprint density at radius 2 is 1.90 bits per heavy atom. The Hall–Kier alpha value is -2.73. The summed E-state index contributed by atoms with van der Waals surface area (Å²) in [7, 11) is 0. The highest BCUT2D eigenvalue weighted by molar-refractivity contribution is 7.80. The molecule has 0 fully saturated rings. The first kappa shape index (κ1) is 13.3. The number of hydrogen-bond acceptors (Lipinski definition) is 3. The standard InChI is InChI=1S/C15H12N4OS/c16-13(21)12-8-17-19-14(12)18-15(20)11-7-3-5-9-4-1-2-6-10(9)11/h1-8H,(H2,16,21)(H2,17,18,19,20). The van der Waals surface area contributed by atoms with Gasteiger partial charge in [-0.05, 0) is 16.8 Å². The molecule has 1 heterocycles. The molecule has 2 aromatic carbocycles. The zero-order valence-electron chi connectivity index (χ0n) is 11.0. The van der Waals surface area contributed by atoms with Gasteiger partial charge in [0.25, 0.3) is 5.91 Å². The van der Waals surface area contributed by atoms with Gasteiger partial charge in [-0.25, -0.2) is 0 Å². The predicted molar refractivity (Wildman–Crippen MR) is 86.4 cm³/mol. The summed E-state index contributed by atoms with van der Waals surface area (Å²) in [6.45, 7) is 0. The molecule has 0 aliphatic rings. The van der Waals surface area contributed by atoms with Crippen LogP contribution in [0.25, 0.3) is 10.8 Å². The fourth-order valence-corrected chi connectivity index (χ4v) is 2.33. The van der Waals surface area contributed by atoms with E-state index in [1.807, 2.05) is 36.4 Å². The first-order chi connectivity index (χ1) is 10.2. The number of H-pyrrole nitrogens is 1. The van der Waals surface area contributed by atoms with Gasteiger partial charge in [-0.1, -0.05) is 48.6 Å². The third kappa shape index (κ3) is 2.48. The Balaban J connectivity index is 1.98. The van der Waals surface area contributed by atoms with Crippen LogP contribution in [0.1, 0.15) is 15.9 Å². The average molecular weight is 296 g/mol. The Kier molecular flexibility index (Phi) is 3.37. The third-order valence-electron chi connectivity index (χ3n) is 3.18. The highest BCUT2D eigenvalue weighted by Crippen LogP contribution is 2.20. The summed E-state index contributed by atoms with van der Waals surface area (Å²) in [5.41, 5.74) is 6.68. The van der Waals surface area contributed by atoms with E-state index < -0.39 is 0 Å². The zero-order valence-corrected chi connectivity index (χ0v) is 11.8. The molecule has 0 atom stereocenters. The topological polar surface area (TPSA) is 83.8 Å². The summed E-state index contributed by atoms with van der Waals surface area (Å²) in [4.78, 5) is 12.6. The van der Waals surface area contributed by atoms with Crippen molar-refractivity contribution in [2.24, 2.45) is 5.73 Å². The SMILES string of the molecule is NC(=S)c1cn[nH]c1NC(=O)c1cccc2ccccc12. The highest BCUT2D eigenvalue weighted by atomic mass is 32.1. The molecule has 5 nitrogen and oxygen atoms in total. The van der Waals surface area contributed by atoms with Gasteiger partial charge in [0, 0.05) is 5.56 Å². The molecular formula is C15H12N4OS. The van der Waals surface area contributed by atoms with E-state index in [9.17, 15) is 4.79 Å². The Labute approximate surface area is 126 Å². The van der Waals surface area contributed by atoms with Crippen molar-refractivity contribution in [3.63, 3.8) is 0 Å². The molecule has 0 spiro atoms. The van der Waals surface area contributed by atoms with E-state index in [4.69, 9.17) is 18.0 Å². The van der Waals surface area contributed by atoms with Gasteiger partial charge >= 0.3 is 0 Å². The van der Waals surface area contributed by atoms with Gasteiger partial charge in [-0.15, -0.1) is 0 Å². The molecule has 0 aliphatic heterocycles. The number of carbonyl (C=O) groups excluding carboxylic acids is 1. The van der Waals surface area contributed by atoms with Crippen LogP contribution in [0.2, 0.25) is 0 Å². The number of hydrogen-bond donors (Lipinski definition) is 3. The number of aromatic nitrogens is 2. The van der Waals surface area contributed by atoms with Crippen LogP contribution in [0.3, 0.4) is 0 Å². The first-order valence-electron chi connectivity index (χ1n) is 6.29. The Morgan fingerprint density at radius 3 is 2.71 bits per heavy atom. The van der Waals surface area contributed by atoms with Crippen LogP contribution in [0, 0.1) is 0 Å². The lowest BCUT2D eigenvalue weighted by atomic mass is 10.0. The number of nitrogens with zero attached hydrogens (tertiary/aromatic N) is 1. The minimum absolute atomic E-state index is 0.178. The number of thiocarbonyl (C=S) groups is 1. The maximum atomic E-state index is 12.5. The lowest BCUT2D eigenvalue weighted by molar-refractivity contribution is 0.102. The molecule has 104 valence electrons. The van der Waals surface area contributed by atoms with Crippen molar-refractivity contribution >= 4 is 39.7 Å². The molecule has 4 N–H and O–H groups in total. The fraction of sp³-hybridized carbons (Fsp3) is 0. The lowest BCUT2D eigenvalue weighted by Gasteiger charge is -2.08. The second kappa shape index (κ2) is 5.34. The molecule has 0 radical (unpaired) electrons. The van der Waals surface area contributed by atoms with Gasteiger partial charge in [0.15, 0.2) is 0 Å². The van der Waals surface area contributed by atoms with Gasteiger partial charge in [0.1, 0.15) is 10.8 Å². The molecule has 3 aromatic rings. The van der Waals surface area contributed by atoms with Crippen molar-refractivity contribution in [3.8, 4) is 0 Å².